The Labute approximate surface area is 670 Å². The summed E-state index contributed by atoms with van der Waals surface area (Å²) < 4.78 is 35.1. The monoisotopic (exact) mass is 1570 g/mol. The van der Waals surface area contributed by atoms with E-state index >= 15 is 0 Å². The Kier molecular flexibility index (Phi) is 33.1. The van der Waals surface area contributed by atoms with Crippen molar-refractivity contribution >= 4 is 58.9 Å². The normalized spacial score (nSPS) is 21.0. The maximum atomic E-state index is 14.9. The predicted octanol–water partition coefficient (Wildman–Crippen LogP) is 10.5. The number of benzene rings is 5. The fraction of sp³-hybridized carbons (Fsp3) is 0.534. The number of rotatable bonds is 27. The molecular weight excluding hydrogens is 1450 g/mol. The van der Waals surface area contributed by atoms with Gasteiger partial charge in [-0.3, -0.25) is 38.4 Å². The molecule has 10 atom stereocenters. The summed E-state index contributed by atoms with van der Waals surface area (Å²) in [6.45, 7) is 18.5. The van der Waals surface area contributed by atoms with Gasteiger partial charge in [-0.05, 0) is 173 Å². The molecular formula is C88H118N10O16. The zero-order chi connectivity index (χ0) is 83.1. The van der Waals surface area contributed by atoms with Gasteiger partial charge in [0.25, 0.3) is 5.91 Å². The van der Waals surface area contributed by atoms with Gasteiger partial charge in [0.15, 0.2) is 17.3 Å². The van der Waals surface area contributed by atoms with Crippen LogP contribution in [0.4, 0.5) is 4.79 Å². The number of esters is 1. The molecule has 1 saturated carbocycles. The summed E-state index contributed by atoms with van der Waals surface area (Å²) in [6.07, 6.45) is 7.98. The Hall–Kier alpha value is -10.2. The number of amides is 6. The van der Waals surface area contributed by atoms with Crippen LogP contribution in [-0.2, 0) is 67.1 Å². The van der Waals surface area contributed by atoms with E-state index in [1.807, 2.05) is 56.3 Å². The van der Waals surface area contributed by atoms with Crippen LogP contribution in [0.15, 0.2) is 91.0 Å². The van der Waals surface area contributed by atoms with E-state index in [1.165, 1.54) is 35.3 Å². The lowest BCUT2D eigenvalue weighted by Gasteiger charge is -2.34. The minimum absolute atomic E-state index is 0.0208. The quantitative estimate of drug-likeness (QED) is 0.0210. The third-order valence-electron chi connectivity index (χ3n) is 21.2. The number of nitrogens with two attached hydrogens (primary N) is 3. The molecule has 1 saturated heterocycles. The minimum Gasteiger partial charge on any atom is -0.493 e. The number of hydrogen-bond acceptors (Lipinski definition) is 20. The Bertz CT molecular complexity index is 4280. The first-order valence-corrected chi connectivity index (χ1v) is 40.2. The number of fused-ring (bicyclic) bond motifs is 10. The number of carbonyl (C=O) groups is 10. The summed E-state index contributed by atoms with van der Waals surface area (Å²) in [5.74, 6) is -3.15. The van der Waals surface area contributed by atoms with Crippen LogP contribution in [0.25, 0.3) is 22.3 Å². The highest BCUT2D eigenvalue weighted by molar-refractivity contribution is 6.01. The van der Waals surface area contributed by atoms with Crippen molar-refractivity contribution in [3.63, 3.8) is 0 Å². The van der Waals surface area contributed by atoms with E-state index in [-0.39, 0.29) is 120 Å². The second-order valence-corrected chi connectivity index (χ2v) is 31.6. The van der Waals surface area contributed by atoms with Crippen LogP contribution in [0.1, 0.15) is 195 Å². The predicted molar refractivity (Wildman–Crippen MR) is 433 cm³/mol. The van der Waals surface area contributed by atoms with Crippen molar-refractivity contribution in [3.8, 4) is 51.3 Å². The standard InChI is InChI=1S/C48H63N7O7.C40H55N3O9/c1-5-6-7-8-10-32-12-15-36(30(2)23-32)47(59)55-29-35(52)28-40(55)48(60)54(4)45-34-14-17-44(62-22-20-51)38(27-34)37-25-33(13-16-43(37)61-21-19-50)26-39(41(56)11-9-18-49)53-46(58)31(3)24-42(45)57;1-9-17-50-34-15-13-27-23-30(34)29-21-26(11-14-33(29)51-18-16-41-39(48)52-40(4,5)6)22-31(38(47)49-8)42-36(45)25(3)20-32(44)35(27)43(7)37(46)28-12-10-24(2)19-28/h12-17,23,25,27,31,35,39-40,45H,5-11,19-22,24,26,28-29,50-52H2,1-4H3,(H,53,58);11,13-15,21,23-25,28,31,35H,9-10,12,16-20,22H2,1-8H3,(H,41,48)(H,42,45)/t31-,35-,39+,40?,45+;24-,25+,28?,31-,35-/m10/s1. The van der Waals surface area contributed by atoms with Crippen LogP contribution < -0.4 is 52.1 Å². The Morgan fingerprint density at radius 1 is 0.632 bits per heavy atom. The van der Waals surface area contributed by atoms with Gasteiger partial charge in [0.1, 0.15) is 72.6 Å². The number of nitriles is 1. The van der Waals surface area contributed by atoms with Gasteiger partial charge in [-0.2, -0.15) is 5.26 Å². The average Bonchev–Trinajstić information content (AvgIpc) is 1.70. The molecule has 5 aromatic carbocycles. The number of methoxy groups -OCH3 is 1. The molecule has 26 heteroatoms. The molecule has 4 aliphatic rings. The van der Waals surface area contributed by atoms with Gasteiger partial charge in [-0.25, -0.2) is 9.59 Å². The molecule has 9 rings (SSSR count). The van der Waals surface area contributed by atoms with E-state index in [0.29, 0.717) is 85.6 Å². The zero-order valence-corrected chi connectivity index (χ0v) is 68.5. The van der Waals surface area contributed by atoms with Gasteiger partial charge >= 0.3 is 12.1 Å². The number of likely N-dealkylation sites (N-methyl/N-ethyl adjacent to an activating group) is 2. The van der Waals surface area contributed by atoms with Gasteiger partial charge in [0.05, 0.1) is 32.4 Å². The highest BCUT2D eigenvalue weighted by atomic mass is 16.6. The topological polar surface area (TPSA) is 374 Å². The summed E-state index contributed by atoms with van der Waals surface area (Å²) in [4.78, 5) is 142. The fourth-order valence-electron chi connectivity index (χ4n) is 15.2. The van der Waals surface area contributed by atoms with Gasteiger partial charge in [-0.15, -0.1) is 0 Å². The van der Waals surface area contributed by atoms with E-state index in [0.717, 1.165) is 62.5 Å². The number of aryl methyl sites for hydroxylation is 2. The lowest BCUT2D eigenvalue weighted by atomic mass is 9.89. The summed E-state index contributed by atoms with van der Waals surface area (Å²) in [5, 5.41) is 17.6. The van der Waals surface area contributed by atoms with Crippen molar-refractivity contribution in [2.75, 3.05) is 73.8 Å². The van der Waals surface area contributed by atoms with Crippen molar-refractivity contribution in [2.24, 2.45) is 40.9 Å². The minimum atomic E-state index is -1.21. The largest absolute Gasteiger partial charge is 0.493 e. The third-order valence-corrected chi connectivity index (χ3v) is 21.2. The van der Waals surface area contributed by atoms with Crippen LogP contribution in [0.2, 0.25) is 0 Å². The SMILES string of the molecule is CCCCCCc1ccc(C(=O)N2C[C@H](N)CC2C(=O)N(C)[C@@H]2C(=O)C[C@@H](C)C(=O)N[C@H](C(=O)CCC#N)Cc3ccc(OCCN)c(c3)-c3cc2ccc3OCCN)c(C)c1.CCCOc1ccc2cc1-c1cc(ccc1OCCNC(=O)OC(C)(C)C)C[C@@H](C(=O)OC)NC(=O)[C@H](C)CC(=O)[C@H]2N(C)C(=O)C1CC[C@H](C)C1. The first-order chi connectivity index (χ1) is 54.4. The molecule has 6 amide bonds. The first-order valence-electron chi connectivity index (χ1n) is 40.2. The molecule has 114 heavy (non-hydrogen) atoms. The van der Waals surface area contributed by atoms with Crippen LogP contribution >= 0.6 is 0 Å². The Morgan fingerprint density at radius 2 is 1.16 bits per heavy atom. The van der Waals surface area contributed by atoms with E-state index < -0.39 is 89.3 Å². The van der Waals surface area contributed by atoms with E-state index in [4.69, 9.17) is 45.6 Å². The summed E-state index contributed by atoms with van der Waals surface area (Å²) in [7, 11) is 4.44. The van der Waals surface area contributed by atoms with E-state index in [1.54, 1.807) is 96.3 Å². The van der Waals surface area contributed by atoms with Crippen LogP contribution in [0.5, 0.6) is 23.0 Å². The number of nitrogens with zero attached hydrogens (tertiary/aromatic N) is 4. The lowest BCUT2D eigenvalue weighted by Crippen LogP contribution is -2.49. The average molecular weight is 1570 g/mol. The summed E-state index contributed by atoms with van der Waals surface area (Å²) >= 11 is 0. The van der Waals surface area contributed by atoms with E-state index in [9.17, 15) is 53.2 Å². The van der Waals surface area contributed by atoms with Crippen LogP contribution in [0.3, 0.4) is 0 Å². The van der Waals surface area contributed by atoms with Crippen molar-refractivity contribution < 1.29 is 76.4 Å². The van der Waals surface area contributed by atoms with Gasteiger partial charge in [0.2, 0.25) is 23.6 Å². The first kappa shape index (κ1) is 89.3. The Morgan fingerprint density at radius 3 is 1.67 bits per heavy atom. The Balaban J connectivity index is 0.000000290. The molecule has 5 aromatic rings. The maximum absolute atomic E-state index is 14.9. The van der Waals surface area contributed by atoms with E-state index in [2.05, 4.69) is 29.8 Å². The van der Waals surface area contributed by atoms with Gasteiger partial charge in [-0.1, -0.05) is 90.3 Å². The second kappa shape index (κ2) is 42.2. The number of alkyl carbamates (subject to hydrolysis) is 1. The fourth-order valence-corrected chi connectivity index (χ4v) is 15.2. The molecule has 3 aliphatic heterocycles. The van der Waals surface area contributed by atoms with Crippen molar-refractivity contribution in [1.82, 2.24) is 30.7 Å². The number of carbonyl (C=O) groups excluding carboxylic acids is 10. The van der Waals surface area contributed by atoms with Crippen LogP contribution in [-0.4, -0.2) is 177 Å². The number of ether oxygens (including phenoxy) is 6. The summed E-state index contributed by atoms with van der Waals surface area (Å²) in [5.41, 5.74) is 24.7. The highest BCUT2D eigenvalue weighted by Crippen LogP contribution is 2.44. The van der Waals surface area contributed by atoms with Gasteiger partial charge in [0, 0.05) is 117 Å². The number of unbranched alkanes of at least 4 members (excludes halogenated alkanes) is 3. The zero-order valence-electron chi connectivity index (χ0n) is 68.5. The molecule has 3 heterocycles. The second-order valence-electron chi connectivity index (χ2n) is 31.6. The highest BCUT2D eigenvalue weighted by Gasteiger charge is 2.44. The molecule has 1 aliphatic carbocycles. The molecule has 2 fully saturated rings. The molecule has 616 valence electrons. The molecule has 0 aromatic heterocycles. The molecule has 8 bridgehead atoms. The van der Waals surface area contributed by atoms with Gasteiger partial charge < -0.3 is 76.3 Å². The lowest BCUT2D eigenvalue weighted by molar-refractivity contribution is -0.146. The van der Waals surface area contributed by atoms with Crippen LogP contribution in [0, 0.1) is 41.9 Å². The number of Topliss-reactive ketones (excluding diaryl/α,β-unsaturated/α-hetero) is 3. The maximum Gasteiger partial charge on any atom is 0.407 e. The number of ketones is 3. The summed E-state index contributed by atoms with van der Waals surface area (Å²) in [6, 6.07) is 23.7. The smallest absolute Gasteiger partial charge is 0.407 e. The third kappa shape index (κ3) is 23.9. The molecule has 2 unspecified atom stereocenters. The van der Waals surface area contributed by atoms with Crippen molar-refractivity contribution in [2.45, 2.75) is 207 Å². The number of likely N-dealkylation sites (tertiary alicyclic amines) is 1. The number of hydrogen-bond donors (Lipinski definition) is 6. The number of nitrogens with one attached hydrogen (secondary N) is 3. The molecule has 0 spiro atoms. The van der Waals surface area contributed by atoms with Crippen molar-refractivity contribution in [1.29, 1.82) is 5.26 Å². The molecule has 0 radical (unpaired) electrons. The molecule has 26 nitrogen and oxygen atoms in total. The molecule has 9 N–H and O–H groups in total. The van der Waals surface area contributed by atoms with Crippen molar-refractivity contribution in [3.05, 3.63) is 130 Å².